The van der Waals surface area contributed by atoms with Crippen LogP contribution in [0.25, 0.3) is 6.08 Å². The van der Waals surface area contributed by atoms with Crippen molar-refractivity contribution in [2.45, 2.75) is 19.8 Å². The van der Waals surface area contributed by atoms with Crippen molar-refractivity contribution in [3.8, 4) is 5.75 Å². The van der Waals surface area contributed by atoms with E-state index >= 15 is 0 Å². The second-order valence-corrected chi connectivity index (χ2v) is 7.03. The van der Waals surface area contributed by atoms with Crippen molar-refractivity contribution < 1.29 is 9.53 Å². The third-order valence-electron chi connectivity index (χ3n) is 3.85. The minimum atomic E-state index is -0.120. The zero-order chi connectivity index (χ0) is 17.8. The van der Waals surface area contributed by atoms with Crippen molar-refractivity contribution in [3.63, 3.8) is 0 Å². The van der Waals surface area contributed by atoms with Crippen molar-refractivity contribution in [3.05, 3.63) is 64.6 Å². The van der Waals surface area contributed by atoms with Crippen LogP contribution in [0.15, 0.2) is 58.4 Å². The summed E-state index contributed by atoms with van der Waals surface area (Å²) in [4.78, 5) is 17.3. The number of rotatable bonds is 4. The molecular formula is C20H20N2O2S. The van der Waals surface area contributed by atoms with Gasteiger partial charge in [0.25, 0.3) is 5.91 Å². The minimum absolute atomic E-state index is 0.120. The van der Waals surface area contributed by atoms with E-state index in [1.54, 1.807) is 7.11 Å². The predicted octanol–water partition coefficient (Wildman–Crippen LogP) is 4.71. The van der Waals surface area contributed by atoms with Gasteiger partial charge in [-0.1, -0.05) is 38.1 Å². The Labute approximate surface area is 152 Å². The van der Waals surface area contributed by atoms with E-state index in [9.17, 15) is 4.79 Å². The highest BCUT2D eigenvalue weighted by molar-refractivity contribution is 8.18. The summed E-state index contributed by atoms with van der Waals surface area (Å²) < 4.78 is 5.13. The highest BCUT2D eigenvalue weighted by atomic mass is 32.2. The van der Waals surface area contributed by atoms with Crippen LogP contribution in [-0.4, -0.2) is 18.2 Å². The lowest BCUT2D eigenvalue weighted by atomic mass is 10.0. The molecule has 0 unspecified atom stereocenters. The first-order chi connectivity index (χ1) is 12.0. The van der Waals surface area contributed by atoms with Crippen LogP contribution < -0.4 is 10.1 Å². The first-order valence-corrected chi connectivity index (χ1v) is 8.90. The standard InChI is InChI=1S/C20H20N2O2S/c1-13(2)15-6-4-14(5-7-15)12-18-19(23)22-20(25-18)21-16-8-10-17(24-3)11-9-16/h4-13H,1-3H3,(H,21,22,23)/b18-12+. The molecule has 2 aromatic carbocycles. The molecule has 1 N–H and O–H groups in total. The number of amidine groups is 1. The Balaban J connectivity index is 1.76. The molecule has 128 valence electrons. The molecule has 0 spiro atoms. The lowest BCUT2D eigenvalue weighted by Crippen LogP contribution is -2.19. The molecular weight excluding hydrogens is 332 g/mol. The van der Waals surface area contributed by atoms with Crippen LogP contribution in [0, 0.1) is 0 Å². The van der Waals surface area contributed by atoms with Crippen LogP contribution in [0.3, 0.4) is 0 Å². The average Bonchev–Trinajstić information content (AvgIpc) is 2.95. The van der Waals surface area contributed by atoms with Gasteiger partial charge in [0.1, 0.15) is 5.75 Å². The monoisotopic (exact) mass is 352 g/mol. The number of hydrogen-bond acceptors (Lipinski definition) is 4. The number of carbonyl (C=O) groups excluding carboxylic acids is 1. The number of hydrogen-bond donors (Lipinski definition) is 1. The third-order valence-corrected chi connectivity index (χ3v) is 4.76. The van der Waals surface area contributed by atoms with Crippen molar-refractivity contribution in [2.24, 2.45) is 4.99 Å². The summed E-state index contributed by atoms with van der Waals surface area (Å²) in [6, 6.07) is 15.7. The van der Waals surface area contributed by atoms with E-state index < -0.39 is 0 Å². The summed E-state index contributed by atoms with van der Waals surface area (Å²) in [5, 5.41) is 3.39. The Kier molecular flexibility index (Phi) is 5.24. The topological polar surface area (TPSA) is 50.7 Å². The van der Waals surface area contributed by atoms with Gasteiger partial charge in [-0.2, -0.15) is 0 Å². The fourth-order valence-electron chi connectivity index (χ4n) is 2.38. The molecule has 0 radical (unpaired) electrons. The number of ether oxygens (including phenoxy) is 1. The summed E-state index contributed by atoms with van der Waals surface area (Å²) in [5.41, 5.74) is 3.06. The molecule has 0 saturated carbocycles. The van der Waals surface area contributed by atoms with E-state index in [0.717, 1.165) is 17.0 Å². The molecule has 3 rings (SSSR count). The van der Waals surface area contributed by atoms with Gasteiger partial charge in [0.05, 0.1) is 17.7 Å². The molecule has 0 aromatic heterocycles. The molecule has 1 heterocycles. The van der Waals surface area contributed by atoms with E-state index in [-0.39, 0.29) is 5.91 Å². The van der Waals surface area contributed by atoms with Crippen molar-refractivity contribution in [1.29, 1.82) is 0 Å². The molecule has 1 aliphatic heterocycles. The summed E-state index contributed by atoms with van der Waals surface area (Å²) in [6.07, 6.45) is 1.89. The Morgan fingerprint density at radius 2 is 1.76 bits per heavy atom. The van der Waals surface area contributed by atoms with Crippen LogP contribution in [0.4, 0.5) is 5.69 Å². The summed E-state index contributed by atoms with van der Waals surface area (Å²) >= 11 is 1.35. The molecule has 1 saturated heterocycles. The van der Waals surface area contributed by atoms with Crippen LogP contribution >= 0.6 is 11.8 Å². The van der Waals surface area contributed by atoms with Gasteiger partial charge < -0.3 is 10.1 Å². The van der Waals surface area contributed by atoms with Crippen LogP contribution in [0.1, 0.15) is 30.9 Å². The van der Waals surface area contributed by atoms with Gasteiger partial charge in [0, 0.05) is 0 Å². The van der Waals surface area contributed by atoms with Gasteiger partial charge in [-0.15, -0.1) is 0 Å². The fraction of sp³-hybridized carbons (Fsp3) is 0.200. The lowest BCUT2D eigenvalue weighted by molar-refractivity contribution is -0.115. The molecule has 25 heavy (non-hydrogen) atoms. The van der Waals surface area contributed by atoms with Crippen molar-refractivity contribution >= 4 is 34.6 Å². The predicted molar refractivity (Wildman–Crippen MR) is 104 cm³/mol. The van der Waals surface area contributed by atoms with E-state index in [1.165, 1.54) is 17.3 Å². The molecule has 0 atom stereocenters. The molecule has 1 aliphatic rings. The Morgan fingerprint density at radius 3 is 2.36 bits per heavy atom. The van der Waals surface area contributed by atoms with Crippen LogP contribution in [-0.2, 0) is 4.79 Å². The summed E-state index contributed by atoms with van der Waals surface area (Å²) in [7, 11) is 1.62. The smallest absolute Gasteiger partial charge is 0.264 e. The zero-order valence-corrected chi connectivity index (χ0v) is 15.3. The Hall–Kier alpha value is -2.53. The highest BCUT2D eigenvalue weighted by Crippen LogP contribution is 2.29. The molecule has 4 nitrogen and oxygen atoms in total. The van der Waals surface area contributed by atoms with Crippen molar-refractivity contribution in [2.75, 3.05) is 7.11 Å². The van der Waals surface area contributed by atoms with E-state index in [0.29, 0.717) is 16.0 Å². The largest absolute Gasteiger partial charge is 0.497 e. The van der Waals surface area contributed by atoms with E-state index in [2.05, 4.69) is 36.3 Å². The molecule has 0 bridgehead atoms. The maximum atomic E-state index is 12.2. The fourth-order valence-corrected chi connectivity index (χ4v) is 3.22. The van der Waals surface area contributed by atoms with E-state index in [4.69, 9.17) is 4.74 Å². The van der Waals surface area contributed by atoms with Crippen molar-refractivity contribution in [1.82, 2.24) is 5.32 Å². The quantitative estimate of drug-likeness (QED) is 0.811. The first-order valence-electron chi connectivity index (χ1n) is 8.09. The third kappa shape index (κ3) is 4.31. The van der Waals surface area contributed by atoms with Gasteiger partial charge in [0.2, 0.25) is 0 Å². The van der Waals surface area contributed by atoms with E-state index in [1.807, 2.05) is 42.5 Å². The number of thioether (sulfide) groups is 1. The molecule has 1 fully saturated rings. The zero-order valence-electron chi connectivity index (χ0n) is 14.4. The number of nitrogens with zero attached hydrogens (tertiary/aromatic N) is 1. The summed E-state index contributed by atoms with van der Waals surface area (Å²) in [6.45, 7) is 4.32. The molecule has 2 aromatic rings. The number of amides is 1. The maximum absolute atomic E-state index is 12.2. The lowest BCUT2D eigenvalue weighted by Gasteiger charge is -2.04. The second-order valence-electron chi connectivity index (χ2n) is 6.00. The first kappa shape index (κ1) is 17.3. The van der Waals surface area contributed by atoms with Gasteiger partial charge in [-0.25, -0.2) is 4.99 Å². The van der Waals surface area contributed by atoms with Crippen LogP contribution in [0.5, 0.6) is 5.75 Å². The van der Waals surface area contributed by atoms with Gasteiger partial charge in [0.15, 0.2) is 5.17 Å². The number of nitrogens with one attached hydrogen (secondary N) is 1. The minimum Gasteiger partial charge on any atom is -0.497 e. The normalized spacial score (nSPS) is 17.4. The van der Waals surface area contributed by atoms with Crippen LogP contribution in [0.2, 0.25) is 0 Å². The Morgan fingerprint density at radius 1 is 1.08 bits per heavy atom. The SMILES string of the molecule is COc1ccc(N=C2NC(=O)/C(=C\c3ccc(C(C)C)cc3)S2)cc1. The molecule has 0 aliphatic carbocycles. The van der Waals surface area contributed by atoms with Gasteiger partial charge >= 0.3 is 0 Å². The highest BCUT2D eigenvalue weighted by Gasteiger charge is 2.23. The number of aliphatic imine (C=N–C) groups is 1. The summed E-state index contributed by atoms with van der Waals surface area (Å²) in [5.74, 6) is 1.15. The average molecular weight is 352 g/mol. The number of carbonyl (C=O) groups is 1. The van der Waals surface area contributed by atoms with Gasteiger partial charge in [-0.3, -0.25) is 4.79 Å². The Bertz CT molecular complexity index is 822. The molecule has 5 heteroatoms. The van der Waals surface area contributed by atoms with Gasteiger partial charge in [-0.05, 0) is 59.1 Å². The number of benzene rings is 2. The maximum Gasteiger partial charge on any atom is 0.264 e. The molecule has 1 amide bonds. The number of methoxy groups -OCH3 is 1. The second kappa shape index (κ2) is 7.57.